The maximum atomic E-state index is 9.53. The molecule has 2 rings (SSSR count). The molecule has 0 atom stereocenters. The van der Waals surface area contributed by atoms with Gasteiger partial charge in [0.25, 0.3) is 0 Å². The van der Waals surface area contributed by atoms with Gasteiger partial charge in [0.2, 0.25) is 0 Å². The smallest absolute Gasteiger partial charge is 0.0934 e. The summed E-state index contributed by atoms with van der Waals surface area (Å²) in [6.45, 7) is 3.79. The zero-order valence-electron chi connectivity index (χ0n) is 9.03. The maximum absolute atomic E-state index is 9.53. The first-order chi connectivity index (χ1) is 7.24. The third-order valence-electron chi connectivity index (χ3n) is 3.08. The van der Waals surface area contributed by atoms with Gasteiger partial charge in [-0.1, -0.05) is 0 Å². The van der Waals surface area contributed by atoms with E-state index in [-0.39, 0.29) is 12.0 Å². The molecule has 0 saturated carbocycles. The fraction of sp³-hybridized carbons (Fsp3) is 0.727. The lowest BCUT2D eigenvalue weighted by atomic mass is 9.78. The van der Waals surface area contributed by atoms with Crippen LogP contribution in [0.5, 0.6) is 0 Å². The van der Waals surface area contributed by atoms with Crippen LogP contribution in [-0.4, -0.2) is 29.9 Å². The highest BCUT2D eigenvalue weighted by Gasteiger charge is 2.32. The number of aryl methyl sites for hydroxylation is 1. The van der Waals surface area contributed by atoms with Gasteiger partial charge in [0.05, 0.1) is 5.01 Å². The van der Waals surface area contributed by atoms with Gasteiger partial charge in [-0.25, -0.2) is 4.98 Å². The third kappa shape index (κ3) is 2.56. The van der Waals surface area contributed by atoms with Crippen molar-refractivity contribution in [2.75, 3.05) is 19.8 Å². The van der Waals surface area contributed by atoms with Crippen molar-refractivity contribution in [1.82, 2.24) is 4.98 Å². The van der Waals surface area contributed by atoms with Crippen LogP contribution in [0.15, 0.2) is 5.38 Å². The minimum absolute atomic E-state index is 0.0164. The highest BCUT2D eigenvalue weighted by atomic mass is 32.1. The second kappa shape index (κ2) is 4.60. The van der Waals surface area contributed by atoms with Gasteiger partial charge in [-0.15, -0.1) is 11.3 Å². The number of hydrogen-bond acceptors (Lipinski definition) is 4. The molecule has 3 nitrogen and oxygen atoms in total. The van der Waals surface area contributed by atoms with Crippen LogP contribution in [0.3, 0.4) is 0 Å². The Labute approximate surface area is 94.1 Å². The van der Waals surface area contributed by atoms with E-state index >= 15 is 0 Å². The van der Waals surface area contributed by atoms with Crippen molar-refractivity contribution in [3.63, 3.8) is 0 Å². The summed E-state index contributed by atoms with van der Waals surface area (Å²) >= 11 is 1.69. The molecule has 1 aliphatic rings. The van der Waals surface area contributed by atoms with E-state index in [0.717, 1.165) is 43.2 Å². The Morgan fingerprint density at radius 2 is 2.27 bits per heavy atom. The molecule has 2 heterocycles. The molecule has 0 bridgehead atoms. The molecule has 1 aliphatic heterocycles. The molecule has 1 fully saturated rings. The molecule has 4 heteroatoms. The topological polar surface area (TPSA) is 42.4 Å². The number of aliphatic hydroxyl groups is 1. The molecule has 0 aliphatic carbocycles. The third-order valence-corrected chi connectivity index (χ3v) is 4.05. The Balaban J connectivity index is 2.06. The van der Waals surface area contributed by atoms with Gasteiger partial charge in [-0.2, -0.15) is 0 Å². The number of rotatable bonds is 3. The van der Waals surface area contributed by atoms with Gasteiger partial charge in [0.15, 0.2) is 0 Å². The number of thiazole rings is 1. The number of aliphatic hydroxyl groups excluding tert-OH is 1. The van der Waals surface area contributed by atoms with Crippen LogP contribution < -0.4 is 0 Å². The van der Waals surface area contributed by atoms with Crippen LogP contribution >= 0.6 is 11.3 Å². The van der Waals surface area contributed by atoms with Crippen LogP contribution in [0.1, 0.15) is 23.5 Å². The summed E-state index contributed by atoms with van der Waals surface area (Å²) in [6.07, 6.45) is 2.79. The number of aromatic nitrogens is 1. The average Bonchev–Trinajstić information content (AvgIpc) is 2.65. The minimum atomic E-state index is 0.0164. The van der Waals surface area contributed by atoms with E-state index < -0.39 is 0 Å². The van der Waals surface area contributed by atoms with Crippen LogP contribution in [0.25, 0.3) is 0 Å². The lowest BCUT2D eigenvalue weighted by Gasteiger charge is -2.34. The van der Waals surface area contributed by atoms with Gasteiger partial charge in [-0.3, -0.25) is 0 Å². The average molecular weight is 227 g/mol. The molecule has 1 aromatic rings. The SMILES string of the molecule is Cc1csc(CC2(CO)CCOCC2)n1. The van der Waals surface area contributed by atoms with E-state index in [1.165, 1.54) is 0 Å². The second-order valence-corrected chi connectivity index (χ2v) is 5.27. The van der Waals surface area contributed by atoms with Gasteiger partial charge in [0.1, 0.15) is 0 Å². The molecule has 84 valence electrons. The summed E-state index contributed by atoms with van der Waals surface area (Å²) in [5, 5.41) is 12.7. The number of hydrogen-bond donors (Lipinski definition) is 1. The Bertz CT molecular complexity index is 318. The van der Waals surface area contributed by atoms with Gasteiger partial charge < -0.3 is 9.84 Å². The predicted octanol–water partition coefficient (Wildman–Crippen LogP) is 1.78. The van der Waals surface area contributed by atoms with Crippen LogP contribution in [0.4, 0.5) is 0 Å². The summed E-state index contributed by atoms with van der Waals surface area (Å²) < 4.78 is 5.34. The molecule has 1 aromatic heterocycles. The van der Waals surface area contributed by atoms with Gasteiger partial charge in [0, 0.05) is 42.7 Å². The van der Waals surface area contributed by atoms with Gasteiger partial charge >= 0.3 is 0 Å². The fourth-order valence-electron chi connectivity index (χ4n) is 2.00. The standard InChI is InChI=1S/C11H17NO2S/c1-9-7-15-10(12-9)6-11(8-13)2-4-14-5-3-11/h7,13H,2-6,8H2,1H3. The molecule has 15 heavy (non-hydrogen) atoms. The molecular formula is C11H17NO2S. The van der Waals surface area contributed by atoms with Crippen molar-refractivity contribution >= 4 is 11.3 Å². The van der Waals surface area contributed by atoms with E-state index in [0.29, 0.717) is 0 Å². The van der Waals surface area contributed by atoms with Crippen LogP contribution in [0.2, 0.25) is 0 Å². The lowest BCUT2D eigenvalue weighted by molar-refractivity contribution is -0.0157. The molecule has 0 radical (unpaired) electrons. The largest absolute Gasteiger partial charge is 0.396 e. The number of ether oxygens (including phenoxy) is 1. The van der Waals surface area contributed by atoms with Crippen LogP contribution in [-0.2, 0) is 11.2 Å². The summed E-state index contributed by atoms with van der Waals surface area (Å²) in [5.74, 6) is 0. The Morgan fingerprint density at radius 1 is 1.53 bits per heavy atom. The van der Waals surface area contributed by atoms with Crippen molar-refractivity contribution < 1.29 is 9.84 Å². The Hall–Kier alpha value is -0.450. The summed E-state index contributed by atoms with van der Waals surface area (Å²) in [5.41, 5.74) is 1.10. The van der Waals surface area contributed by atoms with Crippen molar-refractivity contribution in [2.45, 2.75) is 26.2 Å². The maximum Gasteiger partial charge on any atom is 0.0934 e. The first kappa shape index (κ1) is 11.0. The fourth-order valence-corrected chi connectivity index (χ4v) is 2.95. The molecule has 0 spiro atoms. The Morgan fingerprint density at radius 3 is 2.80 bits per heavy atom. The van der Waals surface area contributed by atoms with E-state index in [1.807, 2.05) is 6.92 Å². The molecule has 0 aromatic carbocycles. The summed E-state index contributed by atoms with van der Waals surface area (Å²) in [7, 11) is 0. The van der Waals surface area contributed by atoms with E-state index in [1.54, 1.807) is 11.3 Å². The molecule has 0 amide bonds. The molecule has 1 saturated heterocycles. The Kier molecular flexibility index (Phi) is 3.38. The molecule has 0 unspecified atom stereocenters. The lowest BCUT2D eigenvalue weighted by Crippen LogP contribution is -2.35. The van der Waals surface area contributed by atoms with Crippen molar-refractivity contribution in [1.29, 1.82) is 0 Å². The van der Waals surface area contributed by atoms with Crippen molar-refractivity contribution in [3.8, 4) is 0 Å². The second-order valence-electron chi connectivity index (χ2n) is 4.33. The minimum Gasteiger partial charge on any atom is -0.396 e. The normalized spacial score (nSPS) is 20.4. The summed E-state index contributed by atoms with van der Waals surface area (Å²) in [4.78, 5) is 4.46. The van der Waals surface area contributed by atoms with Crippen molar-refractivity contribution in [2.24, 2.45) is 5.41 Å². The quantitative estimate of drug-likeness (QED) is 0.856. The first-order valence-corrected chi connectivity index (χ1v) is 6.22. The highest BCUT2D eigenvalue weighted by molar-refractivity contribution is 7.09. The van der Waals surface area contributed by atoms with E-state index in [2.05, 4.69) is 10.4 Å². The monoisotopic (exact) mass is 227 g/mol. The molecular weight excluding hydrogens is 210 g/mol. The number of nitrogens with zero attached hydrogens (tertiary/aromatic N) is 1. The summed E-state index contributed by atoms with van der Waals surface area (Å²) in [6, 6.07) is 0. The predicted molar refractivity (Wildman–Crippen MR) is 60.1 cm³/mol. The highest BCUT2D eigenvalue weighted by Crippen LogP contribution is 2.34. The van der Waals surface area contributed by atoms with Gasteiger partial charge in [-0.05, 0) is 19.8 Å². The van der Waals surface area contributed by atoms with E-state index in [4.69, 9.17) is 4.74 Å². The first-order valence-electron chi connectivity index (χ1n) is 5.34. The van der Waals surface area contributed by atoms with E-state index in [9.17, 15) is 5.11 Å². The zero-order chi connectivity index (χ0) is 10.7. The van der Waals surface area contributed by atoms with Crippen LogP contribution in [0, 0.1) is 12.3 Å². The van der Waals surface area contributed by atoms with Crippen molar-refractivity contribution in [3.05, 3.63) is 16.1 Å². The zero-order valence-corrected chi connectivity index (χ0v) is 9.85. The molecule has 1 N–H and O–H groups in total.